The van der Waals surface area contributed by atoms with Crippen LogP contribution < -0.4 is 21.3 Å². The Kier molecular flexibility index (Phi) is 10.6. The molecule has 1 unspecified atom stereocenters. The van der Waals surface area contributed by atoms with Gasteiger partial charge in [0.05, 0.1) is 18.6 Å². The molecule has 0 spiro atoms. The van der Waals surface area contributed by atoms with Crippen LogP contribution in [0.5, 0.6) is 0 Å². The largest absolute Gasteiger partial charge is 0.445 e. The van der Waals surface area contributed by atoms with Crippen molar-refractivity contribution in [1.29, 1.82) is 0 Å². The first-order chi connectivity index (χ1) is 23.8. The van der Waals surface area contributed by atoms with Crippen molar-refractivity contribution < 1.29 is 28.7 Å². The molecule has 2 saturated carbocycles. The molecule has 3 aliphatic rings. The lowest BCUT2D eigenvalue weighted by atomic mass is 10.0. The van der Waals surface area contributed by atoms with Crippen LogP contribution in [0.4, 0.5) is 4.79 Å². The van der Waals surface area contributed by atoms with E-state index in [0.717, 1.165) is 16.7 Å². The van der Waals surface area contributed by atoms with E-state index in [9.17, 15) is 24.0 Å². The maximum Gasteiger partial charge on any atom is 0.407 e. The van der Waals surface area contributed by atoms with E-state index in [0.29, 0.717) is 32.2 Å². The van der Waals surface area contributed by atoms with Gasteiger partial charge in [-0.2, -0.15) is 0 Å². The summed E-state index contributed by atoms with van der Waals surface area (Å²) in [6.07, 6.45) is 1.86. The van der Waals surface area contributed by atoms with Crippen LogP contribution in [-0.4, -0.2) is 60.8 Å². The van der Waals surface area contributed by atoms with Gasteiger partial charge in [0.2, 0.25) is 23.6 Å². The van der Waals surface area contributed by atoms with E-state index in [-0.39, 0.29) is 66.5 Å². The Morgan fingerprint density at radius 2 is 1.33 bits per heavy atom. The fourth-order valence-corrected chi connectivity index (χ4v) is 7.05. The minimum Gasteiger partial charge on any atom is -0.445 e. The van der Waals surface area contributed by atoms with Crippen LogP contribution >= 0.6 is 0 Å². The summed E-state index contributed by atoms with van der Waals surface area (Å²) in [6, 6.07) is 27.0. The standard InChI is InChI=1S/C38H43N5O6/c1-39-35(45)29-20-27(29)33(25-14-7-3-8-15-25)41-32(44)22-40-36(46)31-18-11-19-43(31)37(47)30-21-28(30)34(26-16-9-4-10-17-26)42-38(48)49-23-24-12-5-2-6-13-24/h2-10,12-17,27-31,33-34H,11,18-23H2,1H3,(H,39,45)(H,40,46)(H,41,44)(H,42,48)/t27-,28+,29+,30+,31?,33-,34-/m0/s1. The van der Waals surface area contributed by atoms with E-state index in [2.05, 4.69) is 21.3 Å². The van der Waals surface area contributed by atoms with Gasteiger partial charge < -0.3 is 30.9 Å². The second-order valence-electron chi connectivity index (χ2n) is 13.1. The first kappa shape index (κ1) is 33.7. The summed E-state index contributed by atoms with van der Waals surface area (Å²) in [7, 11) is 1.60. The van der Waals surface area contributed by atoms with Gasteiger partial charge in [0.25, 0.3) is 0 Å². The third-order valence-corrected chi connectivity index (χ3v) is 9.82. The number of nitrogens with one attached hydrogen (secondary N) is 4. The Labute approximate surface area is 286 Å². The summed E-state index contributed by atoms with van der Waals surface area (Å²) in [6.45, 7) is 0.344. The molecule has 2 aliphatic carbocycles. The Morgan fingerprint density at radius 1 is 0.755 bits per heavy atom. The lowest BCUT2D eigenvalue weighted by Gasteiger charge is -2.25. The molecular weight excluding hydrogens is 622 g/mol. The van der Waals surface area contributed by atoms with E-state index in [1.54, 1.807) is 11.9 Å². The normalized spacial score (nSPS) is 23.4. The maximum absolute atomic E-state index is 13.8. The van der Waals surface area contributed by atoms with Crippen LogP contribution in [0.2, 0.25) is 0 Å². The minimum atomic E-state index is -0.675. The zero-order valence-electron chi connectivity index (χ0n) is 27.5. The van der Waals surface area contributed by atoms with Crippen LogP contribution in [-0.2, 0) is 30.5 Å². The first-order valence-electron chi connectivity index (χ1n) is 17.0. The second kappa shape index (κ2) is 15.4. The molecule has 0 bridgehead atoms. The van der Waals surface area contributed by atoms with Crippen molar-refractivity contribution in [3.63, 3.8) is 0 Å². The summed E-state index contributed by atoms with van der Waals surface area (Å²) in [5.41, 5.74) is 2.65. The smallest absolute Gasteiger partial charge is 0.407 e. The molecular formula is C38H43N5O6. The predicted molar refractivity (Wildman–Crippen MR) is 181 cm³/mol. The highest BCUT2D eigenvalue weighted by molar-refractivity contribution is 5.92. The van der Waals surface area contributed by atoms with Crippen molar-refractivity contribution >= 4 is 29.7 Å². The number of alkyl carbamates (subject to hydrolysis) is 1. The number of carbonyl (C=O) groups excluding carboxylic acids is 5. The zero-order chi connectivity index (χ0) is 34.3. The molecule has 3 aromatic carbocycles. The van der Waals surface area contributed by atoms with E-state index >= 15 is 0 Å². The quantitative estimate of drug-likeness (QED) is 0.219. The lowest BCUT2D eigenvalue weighted by molar-refractivity contribution is -0.140. The molecule has 0 aromatic heterocycles. The third kappa shape index (κ3) is 8.28. The van der Waals surface area contributed by atoms with Gasteiger partial charge in [-0.25, -0.2) is 4.79 Å². The molecule has 1 saturated heterocycles. The van der Waals surface area contributed by atoms with E-state index in [4.69, 9.17) is 4.74 Å². The van der Waals surface area contributed by atoms with Crippen molar-refractivity contribution in [2.75, 3.05) is 20.1 Å². The maximum atomic E-state index is 13.8. The fourth-order valence-electron chi connectivity index (χ4n) is 7.05. The van der Waals surface area contributed by atoms with Crippen molar-refractivity contribution in [3.8, 4) is 0 Å². The van der Waals surface area contributed by atoms with Gasteiger partial charge >= 0.3 is 6.09 Å². The minimum absolute atomic E-state index is 0.0312. The number of benzene rings is 3. The van der Waals surface area contributed by atoms with Gasteiger partial charge in [-0.05, 0) is 54.2 Å². The Hall–Kier alpha value is -5.19. The van der Waals surface area contributed by atoms with Gasteiger partial charge in [-0.15, -0.1) is 0 Å². The summed E-state index contributed by atoms with van der Waals surface area (Å²) >= 11 is 0. The molecule has 11 heteroatoms. The molecule has 5 amide bonds. The molecule has 3 fully saturated rings. The number of rotatable bonds is 13. The second-order valence-corrected chi connectivity index (χ2v) is 13.1. The van der Waals surface area contributed by atoms with Crippen molar-refractivity contribution in [3.05, 3.63) is 108 Å². The average molecular weight is 666 g/mol. The summed E-state index contributed by atoms with van der Waals surface area (Å²) in [4.78, 5) is 66.9. The Bertz CT molecular complexity index is 1640. The highest BCUT2D eigenvalue weighted by Gasteiger charge is 2.52. The number of ether oxygens (including phenoxy) is 1. The Morgan fingerprint density at radius 3 is 1.96 bits per heavy atom. The van der Waals surface area contributed by atoms with Crippen molar-refractivity contribution in [2.24, 2.45) is 23.7 Å². The van der Waals surface area contributed by atoms with Crippen LogP contribution in [0.1, 0.15) is 54.5 Å². The van der Waals surface area contributed by atoms with Crippen LogP contribution in [0.3, 0.4) is 0 Å². The number of nitrogens with zero attached hydrogens (tertiary/aromatic N) is 1. The van der Waals surface area contributed by atoms with Crippen LogP contribution in [0.25, 0.3) is 0 Å². The molecule has 49 heavy (non-hydrogen) atoms. The molecule has 256 valence electrons. The molecule has 1 heterocycles. The third-order valence-electron chi connectivity index (χ3n) is 9.82. The molecule has 1 aliphatic heterocycles. The first-order valence-corrected chi connectivity index (χ1v) is 17.0. The topological polar surface area (TPSA) is 146 Å². The van der Waals surface area contributed by atoms with E-state index in [1.165, 1.54) is 0 Å². The number of hydrogen-bond acceptors (Lipinski definition) is 6. The highest BCUT2D eigenvalue weighted by Crippen LogP contribution is 2.49. The fraction of sp³-hybridized carbons (Fsp3) is 0.395. The molecule has 7 atom stereocenters. The SMILES string of the molecule is CNC(=O)[C@@H]1C[C@@H]1[C@@H](NC(=O)CNC(=O)C1CCCN1C(=O)[C@@H]1C[C@H]1[C@@H](NC(=O)OCc1ccccc1)c1ccccc1)c1ccccc1. The molecule has 4 N–H and O–H groups in total. The number of likely N-dealkylation sites (tertiary alicyclic amines) is 1. The van der Waals surface area contributed by atoms with Gasteiger partial charge in [0.1, 0.15) is 12.6 Å². The van der Waals surface area contributed by atoms with Gasteiger partial charge in [0.15, 0.2) is 0 Å². The van der Waals surface area contributed by atoms with Gasteiger partial charge in [0, 0.05) is 25.4 Å². The van der Waals surface area contributed by atoms with Crippen LogP contribution in [0.15, 0.2) is 91.0 Å². The molecule has 3 aromatic rings. The van der Waals surface area contributed by atoms with Crippen LogP contribution in [0, 0.1) is 23.7 Å². The van der Waals surface area contributed by atoms with Gasteiger partial charge in [-0.1, -0.05) is 91.0 Å². The van der Waals surface area contributed by atoms with E-state index < -0.39 is 18.2 Å². The van der Waals surface area contributed by atoms with Gasteiger partial charge in [-0.3, -0.25) is 19.2 Å². The van der Waals surface area contributed by atoms with E-state index in [1.807, 2.05) is 91.0 Å². The number of hydrogen-bond donors (Lipinski definition) is 4. The summed E-state index contributed by atoms with van der Waals surface area (Å²) in [5, 5.41) is 11.4. The summed E-state index contributed by atoms with van der Waals surface area (Å²) in [5.74, 6) is -1.61. The average Bonchev–Trinajstić information content (AvgIpc) is 4.06. The monoisotopic (exact) mass is 665 g/mol. The van der Waals surface area contributed by atoms with Crippen molar-refractivity contribution in [2.45, 2.75) is 50.4 Å². The number of carbonyl (C=O) groups is 5. The highest BCUT2D eigenvalue weighted by atomic mass is 16.5. The lowest BCUT2D eigenvalue weighted by Crippen LogP contribution is -2.49. The zero-order valence-corrected chi connectivity index (χ0v) is 27.5. The summed E-state index contributed by atoms with van der Waals surface area (Å²) < 4.78 is 5.49. The predicted octanol–water partition coefficient (Wildman–Crippen LogP) is 3.64. The molecule has 11 nitrogen and oxygen atoms in total. The molecule has 6 rings (SSSR count). The molecule has 0 radical (unpaired) electrons. The Balaban J connectivity index is 1.03. The van der Waals surface area contributed by atoms with Crippen molar-refractivity contribution in [1.82, 2.24) is 26.2 Å². The number of amides is 5.